The fourth-order valence-corrected chi connectivity index (χ4v) is 2.47. The van der Waals surface area contributed by atoms with E-state index >= 15 is 0 Å². The van der Waals surface area contributed by atoms with E-state index < -0.39 is 10.5 Å². The molecule has 0 spiro atoms. The minimum absolute atomic E-state index is 0.0507. The molecule has 98 valence electrons. The lowest BCUT2D eigenvalue weighted by atomic mass is 9.83. The van der Waals surface area contributed by atoms with Crippen LogP contribution in [0.4, 0.5) is 11.5 Å². The molecule has 0 unspecified atom stereocenters. The average Bonchev–Trinajstić information content (AvgIpc) is 2.24. The number of halogens is 1. The summed E-state index contributed by atoms with van der Waals surface area (Å²) < 4.78 is 0.572. The van der Waals surface area contributed by atoms with Crippen LogP contribution in [0.1, 0.15) is 13.8 Å². The SMILES string of the molecule is CC(C)C1(O)CN(c2ncc([N+](=O)[O-])cc2Br)C1. The fraction of sp³-hybridized carbons (Fsp3) is 0.545. The van der Waals surface area contributed by atoms with Crippen LogP contribution in [0.5, 0.6) is 0 Å². The molecule has 1 aromatic heterocycles. The first-order chi connectivity index (χ1) is 8.33. The van der Waals surface area contributed by atoms with Gasteiger partial charge >= 0.3 is 0 Å². The number of hydrogen-bond acceptors (Lipinski definition) is 5. The van der Waals surface area contributed by atoms with Gasteiger partial charge in [-0.15, -0.1) is 0 Å². The highest BCUT2D eigenvalue weighted by Gasteiger charge is 2.44. The molecule has 0 amide bonds. The van der Waals surface area contributed by atoms with Crippen LogP contribution < -0.4 is 4.90 Å². The van der Waals surface area contributed by atoms with Gasteiger partial charge in [0.15, 0.2) is 0 Å². The molecule has 18 heavy (non-hydrogen) atoms. The number of nitrogens with zero attached hydrogens (tertiary/aromatic N) is 3. The molecule has 1 N–H and O–H groups in total. The van der Waals surface area contributed by atoms with Crippen LogP contribution in [0.25, 0.3) is 0 Å². The molecule has 1 saturated heterocycles. The molecule has 1 aliphatic rings. The maximum atomic E-state index is 10.6. The molecule has 1 aromatic rings. The van der Waals surface area contributed by atoms with Crippen molar-refractivity contribution in [2.24, 2.45) is 5.92 Å². The standard InChI is InChI=1S/C11H14BrN3O3/c1-7(2)11(16)5-14(6-11)10-9(12)3-8(4-13-10)15(17)18/h3-4,7,16H,5-6H2,1-2H3. The number of aromatic nitrogens is 1. The van der Waals surface area contributed by atoms with Crippen molar-refractivity contribution in [2.45, 2.75) is 19.4 Å². The van der Waals surface area contributed by atoms with Gasteiger partial charge in [0.05, 0.1) is 22.5 Å². The lowest BCUT2D eigenvalue weighted by molar-refractivity contribution is -0.385. The Morgan fingerprint density at radius 1 is 1.61 bits per heavy atom. The third-order valence-electron chi connectivity index (χ3n) is 3.32. The molecule has 2 rings (SSSR count). The summed E-state index contributed by atoms with van der Waals surface area (Å²) in [5, 5.41) is 20.8. The Bertz CT molecular complexity index is 486. The predicted octanol–water partition coefficient (Wildman–Crippen LogP) is 1.96. The number of anilines is 1. The van der Waals surface area contributed by atoms with E-state index in [9.17, 15) is 15.2 Å². The van der Waals surface area contributed by atoms with Gasteiger partial charge in [-0.05, 0) is 21.8 Å². The van der Waals surface area contributed by atoms with Crippen LogP contribution in [-0.4, -0.2) is 33.7 Å². The van der Waals surface area contributed by atoms with Gasteiger partial charge in [-0.1, -0.05) is 13.8 Å². The Kier molecular flexibility index (Phi) is 3.29. The van der Waals surface area contributed by atoms with Gasteiger partial charge in [0.25, 0.3) is 5.69 Å². The van der Waals surface area contributed by atoms with Crippen molar-refractivity contribution in [2.75, 3.05) is 18.0 Å². The smallest absolute Gasteiger partial charge is 0.288 e. The average molecular weight is 316 g/mol. The molecule has 2 heterocycles. The van der Waals surface area contributed by atoms with Crippen LogP contribution in [0, 0.1) is 16.0 Å². The Morgan fingerprint density at radius 2 is 2.22 bits per heavy atom. The quantitative estimate of drug-likeness (QED) is 0.681. The van der Waals surface area contributed by atoms with Crippen molar-refractivity contribution in [1.29, 1.82) is 0 Å². The molecule has 7 heteroatoms. The maximum Gasteiger partial charge on any atom is 0.288 e. The van der Waals surface area contributed by atoms with Gasteiger partial charge < -0.3 is 10.0 Å². The monoisotopic (exact) mass is 315 g/mol. The van der Waals surface area contributed by atoms with Crippen molar-refractivity contribution in [3.8, 4) is 0 Å². The van der Waals surface area contributed by atoms with Crippen LogP contribution in [-0.2, 0) is 0 Å². The summed E-state index contributed by atoms with van der Waals surface area (Å²) in [4.78, 5) is 16.1. The Morgan fingerprint density at radius 3 is 2.67 bits per heavy atom. The topological polar surface area (TPSA) is 79.5 Å². The summed E-state index contributed by atoms with van der Waals surface area (Å²) in [5.41, 5.74) is -0.742. The molecule has 0 aliphatic carbocycles. The molecule has 6 nitrogen and oxygen atoms in total. The summed E-state index contributed by atoms with van der Waals surface area (Å²) >= 11 is 3.28. The number of nitro groups is 1. The van der Waals surface area contributed by atoms with Crippen LogP contribution in [0.2, 0.25) is 0 Å². The van der Waals surface area contributed by atoms with E-state index in [0.717, 1.165) is 0 Å². The minimum Gasteiger partial charge on any atom is -0.386 e. The molecule has 1 fully saturated rings. The molecule has 0 radical (unpaired) electrons. The first-order valence-corrected chi connectivity index (χ1v) is 6.40. The number of aliphatic hydroxyl groups is 1. The van der Waals surface area contributed by atoms with E-state index in [1.54, 1.807) is 0 Å². The van der Waals surface area contributed by atoms with E-state index in [0.29, 0.717) is 23.4 Å². The van der Waals surface area contributed by atoms with Gasteiger partial charge in [0.1, 0.15) is 17.6 Å². The summed E-state index contributed by atoms with van der Waals surface area (Å²) in [5.74, 6) is 0.802. The number of pyridine rings is 1. The third kappa shape index (κ3) is 2.20. The number of rotatable bonds is 3. The van der Waals surface area contributed by atoms with Gasteiger partial charge in [-0.25, -0.2) is 4.98 Å². The molecule has 0 aromatic carbocycles. The Hall–Kier alpha value is -1.21. The highest BCUT2D eigenvalue weighted by atomic mass is 79.9. The maximum absolute atomic E-state index is 10.6. The largest absolute Gasteiger partial charge is 0.386 e. The minimum atomic E-state index is -0.692. The third-order valence-corrected chi connectivity index (χ3v) is 3.91. The first kappa shape index (κ1) is 13.2. The normalized spacial score (nSPS) is 17.7. The lowest BCUT2D eigenvalue weighted by Gasteiger charge is -2.49. The molecule has 0 saturated carbocycles. The predicted molar refractivity (Wildman–Crippen MR) is 70.6 cm³/mol. The summed E-state index contributed by atoms with van der Waals surface area (Å²) in [6, 6.07) is 1.43. The van der Waals surface area contributed by atoms with E-state index in [1.807, 2.05) is 18.7 Å². The summed E-state index contributed by atoms with van der Waals surface area (Å²) in [6.07, 6.45) is 1.23. The van der Waals surface area contributed by atoms with Crippen LogP contribution in [0.3, 0.4) is 0 Å². The van der Waals surface area contributed by atoms with Crippen molar-refractivity contribution in [1.82, 2.24) is 4.98 Å². The van der Waals surface area contributed by atoms with Gasteiger partial charge in [0.2, 0.25) is 0 Å². The highest BCUT2D eigenvalue weighted by molar-refractivity contribution is 9.10. The highest BCUT2D eigenvalue weighted by Crippen LogP contribution is 2.36. The zero-order valence-corrected chi connectivity index (χ0v) is 11.7. The molecule has 1 aliphatic heterocycles. The number of β-amino-alcohol motifs (C(OH)–C–C–N with tert-alkyl or cyclic N) is 1. The van der Waals surface area contributed by atoms with Crippen molar-refractivity contribution < 1.29 is 10.0 Å². The second-order valence-electron chi connectivity index (χ2n) is 4.87. The van der Waals surface area contributed by atoms with E-state index in [-0.39, 0.29) is 11.6 Å². The van der Waals surface area contributed by atoms with Crippen molar-refractivity contribution >= 4 is 27.4 Å². The fourth-order valence-electron chi connectivity index (χ4n) is 1.88. The zero-order valence-electron chi connectivity index (χ0n) is 10.1. The second-order valence-corrected chi connectivity index (χ2v) is 5.72. The van der Waals surface area contributed by atoms with E-state index in [4.69, 9.17) is 0 Å². The zero-order chi connectivity index (χ0) is 13.5. The van der Waals surface area contributed by atoms with Crippen LogP contribution >= 0.6 is 15.9 Å². The summed E-state index contributed by atoms with van der Waals surface area (Å²) in [7, 11) is 0. The van der Waals surface area contributed by atoms with Gasteiger partial charge in [-0.2, -0.15) is 0 Å². The van der Waals surface area contributed by atoms with Gasteiger partial charge in [0, 0.05) is 6.07 Å². The molecule has 0 atom stereocenters. The first-order valence-electron chi connectivity index (χ1n) is 5.61. The van der Waals surface area contributed by atoms with Crippen LogP contribution in [0.15, 0.2) is 16.7 Å². The van der Waals surface area contributed by atoms with Gasteiger partial charge in [-0.3, -0.25) is 10.1 Å². The van der Waals surface area contributed by atoms with E-state index in [2.05, 4.69) is 20.9 Å². The lowest BCUT2D eigenvalue weighted by Crippen LogP contribution is -2.65. The summed E-state index contributed by atoms with van der Waals surface area (Å²) in [6.45, 7) is 4.92. The Labute approximate surface area is 113 Å². The Balaban J connectivity index is 2.15. The van der Waals surface area contributed by atoms with Crippen molar-refractivity contribution in [3.05, 3.63) is 26.9 Å². The second kappa shape index (κ2) is 4.47. The molecular formula is C11H14BrN3O3. The number of hydrogen-bond donors (Lipinski definition) is 1. The molecule has 0 bridgehead atoms. The van der Waals surface area contributed by atoms with Crippen molar-refractivity contribution in [3.63, 3.8) is 0 Å². The van der Waals surface area contributed by atoms with E-state index in [1.165, 1.54) is 12.3 Å². The molecular weight excluding hydrogens is 302 g/mol.